The molecule has 2 heterocycles. The van der Waals surface area contributed by atoms with Gasteiger partial charge in [-0.05, 0) is 31.4 Å². The predicted molar refractivity (Wildman–Crippen MR) is 81.3 cm³/mol. The molecule has 0 amide bonds. The highest BCUT2D eigenvalue weighted by atomic mass is 16.5. The quantitative estimate of drug-likeness (QED) is 0.796. The van der Waals surface area contributed by atoms with Gasteiger partial charge in [0.05, 0.1) is 11.1 Å². The predicted octanol–water partition coefficient (Wildman–Crippen LogP) is 1.77. The summed E-state index contributed by atoms with van der Waals surface area (Å²) in [7, 11) is 0. The molecule has 1 saturated carbocycles. The Kier molecular flexibility index (Phi) is 2.87. The molecule has 2 N–H and O–H groups in total. The summed E-state index contributed by atoms with van der Waals surface area (Å²) in [6.45, 7) is 0.421. The van der Waals surface area contributed by atoms with Gasteiger partial charge in [-0.2, -0.15) is 4.98 Å². The van der Waals surface area contributed by atoms with Crippen LogP contribution in [0.2, 0.25) is 0 Å². The van der Waals surface area contributed by atoms with Gasteiger partial charge in [-0.1, -0.05) is 17.3 Å². The number of hydrogen-bond acceptors (Lipinski definition) is 5. The number of nitrogens with zero attached hydrogens (tertiary/aromatic N) is 3. The number of pyridine rings is 1. The number of aromatic nitrogens is 3. The highest BCUT2D eigenvalue weighted by Gasteiger charge is 2.38. The molecule has 0 radical (unpaired) electrons. The van der Waals surface area contributed by atoms with E-state index in [2.05, 4.69) is 10.1 Å². The molecule has 6 heteroatoms. The molecular formula is C16H16N4O2. The summed E-state index contributed by atoms with van der Waals surface area (Å²) in [4.78, 5) is 16.3. The summed E-state index contributed by atoms with van der Waals surface area (Å²) >= 11 is 0. The van der Waals surface area contributed by atoms with Gasteiger partial charge in [0.1, 0.15) is 6.54 Å². The second kappa shape index (κ2) is 4.78. The number of hydrogen-bond donors (Lipinski definition) is 1. The van der Waals surface area contributed by atoms with Crippen molar-refractivity contribution in [1.82, 2.24) is 14.7 Å². The van der Waals surface area contributed by atoms with Crippen LogP contribution < -0.4 is 11.2 Å². The zero-order valence-electron chi connectivity index (χ0n) is 12.0. The molecule has 0 atom stereocenters. The minimum absolute atomic E-state index is 0.00782. The molecule has 0 saturated heterocycles. The van der Waals surface area contributed by atoms with Crippen LogP contribution in [0, 0.1) is 0 Å². The molecule has 1 aliphatic rings. The van der Waals surface area contributed by atoms with Gasteiger partial charge in [-0.15, -0.1) is 0 Å². The van der Waals surface area contributed by atoms with Gasteiger partial charge in [-0.3, -0.25) is 4.79 Å². The number of para-hydroxylation sites is 1. The van der Waals surface area contributed by atoms with Crippen molar-refractivity contribution in [3.05, 3.63) is 58.5 Å². The highest BCUT2D eigenvalue weighted by Crippen LogP contribution is 2.36. The van der Waals surface area contributed by atoms with Crippen LogP contribution in [0.4, 0.5) is 0 Å². The molecule has 1 aromatic carbocycles. The topological polar surface area (TPSA) is 86.9 Å². The summed E-state index contributed by atoms with van der Waals surface area (Å²) in [5, 5.41) is 4.70. The monoisotopic (exact) mass is 296 g/mol. The van der Waals surface area contributed by atoms with Crippen molar-refractivity contribution in [2.75, 3.05) is 0 Å². The normalized spacial score (nSPS) is 16.6. The Morgan fingerprint density at radius 2 is 2.09 bits per heavy atom. The van der Waals surface area contributed by atoms with E-state index in [0.29, 0.717) is 23.6 Å². The molecule has 1 aliphatic carbocycles. The van der Waals surface area contributed by atoms with Gasteiger partial charge in [0.2, 0.25) is 5.89 Å². The molecule has 1 fully saturated rings. The lowest BCUT2D eigenvalue weighted by Gasteiger charge is -2.34. The molecule has 6 nitrogen and oxygen atoms in total. The van der Waals surface area contributed by atoms with Crippen molar-refractivity contribution < 1.29 is 4.52 Å². The zero-order valence-corrected chi connectivity index (χ0v) is 12.0. The number of fused-ring (bicyclic) bond motifs is 1. The third-order valence-electron chi connectivity index (χ3n) is 4.35. The van der Waals surface area contributed by atoms with Crippen molar-refractivity contribution in [3.63, 3.8) is 0 Å². The van der Waals surface area contributed by atoms with Crippen LogP contribution in [-0.2, 0) is 12.1 Å². The van der Waals surface area contributed by atoms with Crippen LogP contribution in [0.1, 0.15) is 31.0 Å². The molecule has 3 aromatic rings. The van der Waals surface area contributed by atoms with Crippen LogP contribution in [0.5, 0.6) is 0 Å². The average Bonchev–Trinajstić information content (AvgIpc) is 2.97. The van der Waals surface area contributed by atoms with Crippen LogP contribution in [0.25, 0.3) is 10.9 Å². The maximum absolute atomic E-state index is 11.9. The Bertz CT molecular complexity index is 892. The average molecular weight is 296 g/mol. The minimum Gasteiger partial charge on any atom is -0.338 e. The first kappa shape index (κ1) is 13.2. The Labute approximate surface area is 126 Å². The second-order valence-electron chi connectivity index (χ2n) is 5.85. The van der Waals surface area contributed by atoms with Crippen molar-refractivity contribution in [2.45, 2.75) is 31.3 Å². The van der Waals surface area contributed by atoms with E-state index in [-0.39, 0.29) is 5.43 Å². The lowest BCUT2D eigenvalue weighted by molar-refractivity contribution is 0.229. The summed E-state index contributed by atoms with van der Waals surface area (Å²) in [6, 6.07) is 9.03. The van der Waals surface area contributed by atoms with Crippen LogP contribution in [-0.4, -0.2) is 14.7 Å². The van der Waals surface area contributed by atoms with Gasteiger partial charge in [-0.25, -0.2) is 0 Å². The molecule has 112 valence electrons. The standard InChI is InChI=1S/C16H16N4O2/c17-16(7-3-8-16)15-18-14(22-19-15)10-20-9-6-13(21)11-4-1-2-5-12(11)20/h1-2,4-6,9H,3,7-8,10,17H2. The molecule has 2 aromatic heterocycles. The van der Waals surface area contributed by atoms with Crippen molar-refractivity contribution in [3.8, 4) is 0 Å². The highest BCUT2D eigenvalue weighted by molar-refractivity contribution is 5.78. The summed E-state index contributed by atoms with van der Waals surface area (Å²) in [5.41, 5.74) is 6.64. The van der Waals surface area contributed by atoms with Crippen LogP contribution >= 0.6 is 0 Å². The fraction of sp³-hybridized carbons (Fsp3) is 0.312. The van der Waals surface area contributed by atoms with Gasteiger partial charge >= 0.3 is 0 Å². The summed E-state index contributed by atoms with van der Waals surface area (Å²) < 4.78 is 7.26. The van der Waals surface area contributed by atoms with Gasteiger partial charge < -0.3 is 14.8 Å². The van der Waals surface area contributed by atoms with Crippen LogP contribution in [0.3, 0.4) is 0 Å². The summed E-state index contributed by atoms with van der Waals surface area (Å²) in [6.07, 6.45) is 4.64. The van der Waals surface area contributed by atoms with E-state index in [4.69, 9.17) is 10.3 Å². The van der Waals surface area contributed by atoms with Gasteiger partial charge in [0, 0.05) is 17.6 Å². The summed E-state index contributed by atoms with van der Waals surface area (Å²) in [5.74, 6) is 1.08. The third kappa shape index (κ3) is 2.03. The van der Waals surface area contributed by atoms with E-state index in [0.717, 1.165) is 24.8 Å². The maximum atomic E-state index is 11.9. The smallest absolute Gasteiger partial charge is 0.246 e. The number of nitrogens with two attached hydrogens (primary N) is 1. The molecule has 0 spiro atoms. The van der Waals surface area contributed by atoms with Gasteiger partial charge in [0.25, 0.3) is 0 Å². The molecule has 0 unspecified atom stereocenters. The maximum Gasteiger partial charge on any atom is 0.246 e. The molecule has 0 aliphatic heterocycles. The molecule has 22 heavy (non-hydrogen) atoms. The zero-order chi connectivity index (χ0) is 15.2. The van der Waals surface area contributed by atoms with E-state index in [9.17, 15) is 4.79 Å². The lowest BCUT2D eigenvalue weighted by Crippen LogP contribution is -2.44. The second-order valence-corrected chi connectivity index (χ2v) is 5.85. The first-order valence-corrected chi connectivity index (χ1v) is 7.36. The first-order valence-electron chi connectivity index (χ1n) is 7.36. The van der Waals surface area contributed by atoms with Gasteiger partial charge in [0.15, 0.2) is 11.3 Å². The van der Waals surface area contributed by atoms with E-state index in [1.165, 1.54) is 0 Å². The third-order valence-corrected chi connectivity index (χ3v) is 4.35. The molecule has 4 rings (SSSR count). The van der Waals surface area contributed by atoms with Crippen molar-refractivity contribution in [2.24, 2.45) is 5.73 Å². The first-order chi connectivity index (χ1) is 10.7. The number of benzene rings is 1. The lowest BCUT2D eigenvalue weighted by atomic mass is 9.77. The Morgan fingerprint density at radius 1 is 1.27 bits per heavy atom. The Morgan fingerprint density at radius 3 is 2.86 bits per heavy atom. The van der Waals surface area contributed by atoms with Crippen molar-refractivity contribution in [1.29, 1.82) is 0 Å². The molecular weight excluding hydrogens is 280 g/mol. The fourth-order valence-electron chi connectivity index (χ4n) is 2.85. The fourth-order valence-corrected chi connectivity index (χ4v) is 2.85. The minimum atomic E-state index is -0.423. The van der Waals surface area contributed by atoms with E-state index >= 15 is 0 Å². The Balaban J connectivity index is 1.70. The van der Waals surface area contributed by atoms with Crippen LogP contribution in [0.15, 0.2) is 45.8 Å². The van der Waals surface area contributed by atoms with E-state index < -0.39 is 5.54 Å². The SMILES string of the molecule is NC1(c2noc(Cn3ccc(=O)c4ccccc43)n2)CCC1. The Hall–Kier alpha value is -2.47. The van der Waals surface area contributed by atoms with Crippen molar-refractivity contribution >= 4 is 10.9 Å². The van der Waals surface area contributed by atoms with E-state index in [1.54, 1.807) is 12.3 Å². The largest absolute Gasteiger partial charge is 0.338 e. The van der Waals surface area contributed by atoms with E-state index in [1.807, 2.05) is 28.8 Å². The molecule has 0 bridgehead atoms. The number of rotatable bonds is 3.